The average Bonchev–Trinajstić information content (AvgIpc) is 4.06. The molecular weight excluding hydrogens is 1040 g/mol. The van der Waals surface area contributed by atoms with Crippen molar-refractivity contribution < 1.29 is 41.8 Å². The normalized spacial score (nSPS) is 20.1. The average molecular weight is 1120 g/mol. The fourth-order valence-electron chi connectivity index (χ4n) is 11.1. The summed E-state index contributed by atoms with van der Waals surface area (Å²) in [5.41, 5.74) is 3.80. The van der Waals surface area contributed by atoms with E-state index < -0.39 is 56.4 Å². The third-order valence-electron chi connectivity index (χ3n) is 16.1. The van der Waals surface area contributed by atoms with Crippen molar-refractivity contribution in [1.29, 1.82) is 0 Å². The Labute approximate surface area is 469 Å². The van der Waals surface area contributed by atoms with Crippen LogP contribution in [0.15, 0.2) is 60.0 Å². The molecule has 1 saturated carbocycles. The molecule has 5 aromatic rings. The lowest BCUT2D eigenvalue weighted by Crippen LogP contribution is -2.59. The first-order valence-electron chi connectivity index (χ1n) is 28.1. The second kappa shape index (κ2) is 23.5. The fraction of sp³-hybridized carbons (Fsp3) is 0.569. The molecule has 4 amide bonds. The van der Waals surface area contributed by atoms with Gasteiger partial charge in [-0.05, 0) is 118 Å². The van der Waals surface area contributed by atoms with Crippen LogP contribution in [0.5, 0.6) is 11.5 Å². The van der Waals surface area contributed by atoms with Gasteiger partial charge in [-0.3, -0.25) is 24.4 Å². The Morgan fingerprint density at radius 2 is 1.56 bits per heavy atom. The standard InChI is InChI=1S/C58H78N12O9S/c1-34-35(2)66-67-50(34)65-51-43-28-48(80(75,76)58(7,8)9)47(29-45(43)61-33-62-51)78-39-23-25-69(26-24-39)55-59-30-41(31-60-55)77-40-27-46(53(72)63-44-22-16-20-37-17-14-15-21-42(37)44)70(32-40)54(73)49(38-18-12-11-13-19-38)64-52(71)36(3)68(10)56(74)79-57(4,5)6/h14-15,17,21,28-31,33,36,38-40,44,46,49H,11-13,16,18-20,22-27,32H2,1-10H3,(H,63,72)(H,64,71)(H2,61,62,65,66,67)/t36-,40-,44+,46-,49-/m0/s1. The highest BCUT2D eigenvalue weighted by atomic mass is 32.2. The molecule has 2 saturated heterocycles. The monoisotopic (exact) mass is 1120 g/mol. The first-order chi connectivity index (χ1) is 37.9. The number of piperidine rings is 1. The lowest BCUT2D eigenvalue weighted by atomic mass is 9.83. The molecule has 0 spiro atoms. The second-order valence-corrected chi connectivity index (χ2v) is 26.6. The summed E-state index contributed by atoms with van der Waals surface area (Å²) in [4.78, 5) is 80.1. The molecule has 3 aromatic heterocycles. The van der Waals surface area contributed by atoms with Crippen molar-refractivity contribution in [2.24, 2.45) is 5.92 Å². The number of benzene rings is 2. The summed E-state index contributed by atoms with van der Waals surface area (Å²) in [5.74, 6) is 0.711. The number of H-pyrrole nitrogens is 1. The summed E-state index contributed by atoms with van der Waals surface area (Å²) in [6.45, 7) is 16.8. The van der Waals surface area contributed by atoms with E-state index in [9.17, 15) is 22.8 Å². The van der Waals surface area contributed by atoms with Gasteiger partial charge in [-0.15, -0.1) is 0 Å². The van der Waals surface area contributed by atoms with Crippen LogP contribution < -0.4 is 30.3 Å². The van der Waals surface area contributed by atoms with E-state index in [2.05, 4.69) is 42.2 Å². The third-order valence-corrected chi connectivity index (χ3v) is 18.6. The van der Waals surface area contributed by atoms with E-state index in [4.69, 9.17) is 24.2 Å². The van der Waals surface area contributed by atoms with Gasteiger partial charge in [0.25, 0.3) is 0 Å². The fourth-order valence-corrected chi connectivity index (χ4v) is 12.4. The van der Waals surface area contributed by atoms with Gasteiger partial charge in [0, 0.05) is 62.1 Å². The molecule has 430 valence electrons. The SMILES string of the molecule is Cc1[nH]nc(Nc2ncnc3cc(OC4CCN(c5ncc(O[C@H]6C[C@@H](C(=O)N[C@@H]7CCCc8ccccc87)N(C(=O)[C@@H](NC(=O)[C@H](C)N(C)C(=O)OC(C)(C)C)C7CCCCC7)C6)cn5)CC4)c(S(=O)(=O)C(C)(C)C)cc23)c1C. The van der Waals surface area contributed by atoms with Crippen LogP contribution in [0.4, 0.5) is 22.4 Å². The Morgan fingerprint density at radius 3 is 2.24 bits per heavy atom. The maximum atomic E-state index is 15.2. The Balaban J connectivity index is 0.894. The van der Waals surface area contributed by atoms with Gasteiger partial charge in [0.1, 0.15) is 58.7 Å². The summed E-state index contributed by atoms with van der Waals surface area (Å²) < 4.78 is 46.0. The lowest BCUT2D eigenvalue weighted by molar-refractivity contribution is -0.143. The number of anilines is 3. The highest BCUT2D eigenvalue weighted by Gasteiger charge is 2.46. The molecule has 2 aromatic carbocycles. The zero-order chi connectivity index (χ0) is 57.3. The number of likely N-dealkylation sites (tertiary alicyclic amines) is 1. The first kappa shape index (κ1) is 57.6. The van der Waals surface area contributed by atoms with Crippen molar-refractivity contribution >= 4 is 62.1 Å². The van der Waals surface area contributed by atoms with Crippen molar-refractivity contribution in [3.63, 3.8) is 0 Å². The quantitative estimate of drug-likeness (QED) is 0.0775. The van der Waals surface area contributed by atoms with E-state index in [1.165, 1.54) is 23.8 Å². The van der Waals surface area contributed by atoms with Crippen LogP contribution in [0.1, 0.15) is 141 Å². The molecule has 5 atom stereocenters. The number of hydrogen-bond acceptors (Lipinski definition) is 16. The summed E-state index contributed by atoms with van der Waals surface area (Å²) in [6.07, 6.45) is 11.2. The number of nitrogens with one attached hydrogen (secondary N) is 4. The summed E-state index contributed by atoms with van der Waals surface area (Å²) in [7, 11) is -2.41. The maximum absolute atomic E-state index is 15.2. The van der Waals surface area contributed by atoms with E-state index in [0.717, 1.165) is 68.2 Å². The van der Waals surface area contributed by atoms with E-state index in [0.29, 0.717) is 60.2 Å². The van der Waals surface area contributed by atoms with E-state index >= 15 is 4.79 Å². The van der Waals surface area contributed by atoms with Crippen molar-refractivity contribution in [3.8, 4) is 11.5 Å². The Kier molecular flexibility index (Phi) is 16.9. The highest BCUT2D eigenvalue weighted by molar-refractivity contribution is 7.92. The van der Waals surface area contributed by atoms with Gasteiger partial charge in [-0.1, -0.05) is 43.5 Å². The Bertz CT molecular complexity index is 3180. The minimum Gasteiger partial charge on any atom is -0.489 e. The molecule has 4 N–H and O–H groups in total. The van der Waals surface area contributed by atoms with Crippen LogP contribution in [-0.2, 0) is 35.4 Å². The largest absolute Gasteiger partial charge is 0.489 e. The molecule has 4 aliphatic rings. The van der Waals surface area contributed by atoms with E-state index in [1.54, 1.807) is 77.9 Å². The molecule has 21 nitrogen and oxygen atoms in total. The number of hydrogen-bond donors (Lipinski definition) is 4. The number of aromatic amines is 1. The van der Waals surface area contributed by atoms with Crippen molar-refractivity contribution in [2.75, 3.05) is 36.9 Å². The molecule has 9 rings (SSSR count). The molecule has 22 heteroatoms. The van der Waals surface area contributed by atoms with Crippen LogP contribution in [0.25, 0.3) is 10.9 Å². The number of nitrogens with zero attached hydrogens (tertiary/aromatic N) is 8. The zero-order valence-corrected chi connectivity index (χ0v) is 48.6. The molecule has 3 fully saturated rings. The van der Waals surface area contributed by atoms with Crippen LogP contribution in [0.3, 0.4) is 0 Å². The lowest BCUT2D eigenvalue weighted by Gasteiger charge is -2.36. The summed E-state index contributed by atoms with van der Waals surface area (Å²) >= 11 is 0. The third kappa shape index (κ3) is 12.7. The summed E-state index contributed by atoms with van der Waals surface area (Å²) in [6, 6.07) is 8.35. The van der Waals surface area contributed by atoms with Gasteiger partial charge in [0.05, 0.1) is 35.2 Å². The van der Waals surface area contributed by atoms with Crippen molar-refractivity contribution in [2.45, 2.75) is 185 Å². The van der Waals surface area contributed by atoms with Gasteiger partial charge in [-0.25, -0.2) is 33.1 Å². The van der Waals surface area contributed by atoms with Crippen LogP contribution in [0, 0.1) is 19.8 Å². The number of rotatable bonds is 15. The molecule has 0 radical (unpaired) electrons. The molecule has 5 heterocycles. The maximum Gasteiger partial charge on any atom is 0.410 e. The topological polar surface area (TPSA) is 256 Å². The minimum absolute atomic E-state index is 0.0499. The zero-order valence-electron chi connectivity index (χ0n) is 47.8. The Hall–Kier alpha value is -7.10. The number of ether oxygens (including phenoxy) is 3. The predicted molar refractivity (Wildman–Crippen MR) is 302 cm³/mol. The highest BCUT2D eigenvalue weighted by Crippen LogP contribution is 2.39. The van der Waals surface area contributed by atoms with Crippen LogP contribution in [-0.4, -0.2) is 140 Å². The molecule has 2 aliphatic heterocycles. The van der Waals surface area contributed by atoms with Gasteiger partial charge >= 0.3 is 6.09 Å². The number of likely N-dealkylation sites (N-methyl/N-ethyl adjacent to an activating group) is 1. The predicted octanol–water partition coefficient (Wildman–Crippen LogP) is 7.99. The molecule has 80 heavy (non-hydrogen) atoms. The molecular formula is C58H78N12O9S. The van der Waals surface area contributed by atoms with E-state index in [-0.39, 0.29) is 53.5 Å². The van der Waals surface area contributed by atoms with Gasteiger partial charge < -0.3 is 40.0 Å². The van der Waals surface area contributed by atoms with Crippen LogP contribution >= 0.6 is 0 Å². The number of fused-ring (bicyclic) bond motifs is 2. The Morgan fingerprint density at radius 1 is 0.850 bits per heavy atom. The van der Waals surface area contributed by atoms with Crippen molar-refractivity contribution in [1.82, 2.24) is 50.6 Å². The molecule has 0 unspecified atom stereocenters. The molecule has 0 bridgehead atoms. The van der Waals surface area contributed by atoms with Gasteiger partial charge in [0.2, 0.25) is 23.7 Å². The number of aryl methyl sites for hydroxylation is 2. The van der Waals surface area contributed by atoms with Gasteiger partial charge in [0.15, 0.2) is 21.4 Å². The number of carbonyl (C=O) groups is 4. The number of carbonyl (C=O) groups excluding carboxylic acids is 4. The van der Waals surface area contributed by atoms with Crippen LogP contribution in [0.2, 0.25) is 0 Å². The summed E-state index contributed by atoms with van der Waals surface area (Å²) in [5, 5.41) is 17.4. The smallest absolute Gasteiger partial charge is 0.410 e. The first-order valence-corrected chi connectivity index (χ1v) is 29.6. The molecule has 2 aliphatic carbocycles. The minimum atomic E-state index is -3.91. The number of sulfone groups is 1. The number of amides is 4. The van der Waals surface area contributed by atoms with Gasteiger partial charge in [-0.2, -0.15) is 5.10 Å². The second-order valence-electron chi connectivity index (χ2n) is 23.9. The van der Waals surface area contributed by atoms with Crippen molar-refractivity contribution in [3.05, 3.63) is 77.5 Å². The van der Waals surface area contributed by atoms with E-state index in [1.807, 2.05) is 36.9 Å². The number of aromatic nitrogens is 6.